The van der Waals surface area contributed by atoms with Crippen molar-refractivity contribution in [2.45, 2.75) is 58.5 Å². The van der Waals surface area contributed by atoms with Gasteiger partial charge < -0.3 is 19.9 Å². The monoisotopic (exact) mass is 495 g/mol. The van der Waals surface area contributed by atoms with Gasteiger partial charge in [-0.25, -0.2) is 9.18 Å². The Morgan fingerprint density at radius 2 is 1.97 bits per heavy atom. The number of halogens is 1. The molecule has 2 aromatic carbocycles. The van der Waals surface area contributed by atoms with Crippen molar-refractivity contribution in [2.75, 3.05) is 19.7 Å². The number of carbonyl (C=O) groups excluding carboxylic acids is 1. The van der Waals surface area contributed by atoms with Crippen molar-refractivity contribution in [3.05, 3.63) is 76.7 Å². The summed E-state index contributed by atoms with van der Waals surface area (Å²) >= 11 is 0. The van der Waals surface area contributed by atoms with Gasteiger partial charge in [-0.2, -0.15) is 0 Å². The fourth-order valence-corrected chi connectivity index (χ4v) is 4.17. The first kappa shape index (κ1) is 25.7. The molecule has 1 saturated heterocycles. The highest BCUT2D eigenvalue weighted by Gasteiger charge is 2.31. The van der Waals surface area contributed by atoms with Crippen molar-refractivity contribution >= 4 is 11.8 Å². The number of nitrogens with two attached hydrogens (primary N) is 1. The molecule has 2 N–H and O–H groups in total. The molecule has 1 atom stereocenters. The van der Waals surface area contributed by atoms with E-state index in [-0.39, 0.29) is 25.9 Å². The lowest BCUT2D eigenvalue weighted by atomic mass is 10.0. The van der Waals surface area contributed by atoms with E-state index in [1.807, 2.05) is 45.0 Å². The number of nitrogens with zero attached hydrogens (tertiary/aromatic N) is 2. The first-order chi connectivity index (χ1) is 17.2. The standard InChI is InChI=1S/C28H34FN3O4/c1-28(2,3)36-27(33)32-17-22(24(30)18-32)26(21-11-4-5-12-23(21)29)31-16-19-9-8-10-20(15-19)35-25-13-6-7-14-34-25/h4-5,8-12,15,25H,6-7,13-14,16-18,30H2,1-3H3. The Balaban J connectivity index is 1.57. The number of aliphatic imine (C=N–C) groups is 1. The van der Waals surface area contributed by atoms with Crippen LogP contribution in [0.5, 0.6) is 5.75 Å². The van der Waals surface area contributed by atoms with Crippen LogP contribution in [0.15, 0.2) is 64.8 Å². The topological polar surface area (TPSA) is 86.4 Å². The second kappa shape index (κ2) is 11.1. The third-order valence-electron chi connectivity index (χ3n) is 5.89. The lowest BCUT2D eigenvalue weighted by molar-refractivity contribution is -0.105. The molecule has 7 nitrogen and oxygen atoms in total. The van der Waals surface area contributed by atoms with E-state index in [9.17, 15) is 9.18 Å². The van der Waals surface area contributed by atoms with Crippen molar-refractivity contribution in [3.63, 3.8) is 0 Å². The molecule has 1 fully saturated rings. The first-order valence-electron chi connectivity index (χ1n) is 12.3. The number of hydrogen-bond acceptors (Lipinski definition) is 6. The van der Waals surface area contributed by atoms with Gasteiger partial charge in [-0.15, -0.1) is 0 Å². The molecular formula is C28H34FN3O4. The minimum atomic E-state index is -0.632. The number of ether oxygens (including phenoxy) is 3. The molecule has 8 heteroatoms. The summed E-state index contributed by atoms with van der Waals surface area (Å²) in [6, 6.07) is 14.1. The van der Waals surface area contributed by atoms with Crippen molar-refractivity contribution < 1.29 is 23.4 Å². The quantitative estimate of drug-likeness (QED) is 0.558. The van der Waals surface area contributed by atoms with Gasteiger partial charge in [0.15, 0.2) is 6.29 Å². The van der Waals surface area contributed by atoms with Crippen LogP contribution in [0.2, 0.25) is 0 Å². The van der Waals surface area contributed by atoms with E-state index < -0.39 is 17.5 Å². The summed E-state index contributed by atoms with van der Waals surface area (Å²) in [7, 11) is 0. The Labute approximate surface area is 211 Å². The lowest BCUT2D eigenvalue weighted by Crippen LogP contribution is -2.36. The van der Waals surface area contributed by atoms with Crippen LogP contribution in [0.3, 0.4) is 0 Å². The second-order valence-electron chi connectivity index (χ2n) is 10.0. The Bertz CT molecular complexity index is 1150. The Morgan fingerprint density at radius 3 is 2.69 bits per heavy atom. The molecule has 2 heterocycles. The minimum absolute atomic E-state index is 0.191. The Kier molecular flexibility index (Phi) is 7.94. The highest BCUT2D eigenvalue weighted by Crippen LogP contribution is 2.25. The van der Waals surface area contributed by atoms with Gasteiger partial charge in [-0.1, -0.05) is 24.3 Å². The third-order valence-corrected chi connectivity index (χ3v) is 5.89. The fourth-order valence-electron chi connectivity index (χ4n) is 4.17. The summed E-state index contributed by atoms with van der Waals surface area (Å²) in [5.41, 5.74) is 8.47. The maximum atomic E-state index is 14.9. The summed E-state index contributed by atoms with van der Waals surface area (Å²) in [4.78, 5) is 18.9. The Morgan fingerprint density at radius 1 is 1.17 bits per heavy atom. The van der Waals surface area contributed by atoms with Gasteiger partial charge in [0.25, 0.3) is 0 Å². The molecule has 0 radical (unpaired) electrons. The summed E-state index contributed by atoms with van der Waals surface area (Å²) in [6.07, 6.45) is 2.29. The summed E-state index contributed by atoms with van der Waals surface area (Å²) in [6.45, 7) is 6.81. The van der Waals surface area contributed by atoms with E-state index in [1.54, 1.807) is 18.2 Å². The van der Waals surface area contributed by atoms with E-state index in [1.165, 1.54) is 11.0 Å². The van der Waals surface area contributed by atoms with Crippen LogP contribution in [-0.2, 0) is 16.0 Å². The Hall–Kier alpha value is -3.39. The zero-order valence-corrected chi connectivity index (χ0v) is 21.1. The average molecular weight is 496 g/mol. The van der Waals surface area contributed by atoms with E-state index in [2.05, 4.69) is 0 Å². The largest absolute Gasteiger partial charge is 0.465 e. The molecule has 1 amide bonds. The van der Waals surface area contributed by atoms with Crippen LogP contribution in [0.25, 0.3) is 0 Å². The van der Waals surface area contributed by atoms with Gasteiger partial charge in [0.05, 0.1) is 32.0 Å². The van der Waals surface area contributed by atoms with Gasteiger partial charge in [-0.05, 0) is 63.4 Å². The predicted octanol–water partition coefficient (Wildman–Crippen LogP) is 5.18. The number of rotatable bonds is 6. The second-order valence-corrected chi connectivity index (χ2v) is 10.0. The maximum Gasteiger partial charge on any atom is 0.410 e. The molecule has 0 saturated carbocycles. The molecule has 0 aliphatic carbocycles. The predicted molar refractivity (Wildman–Crippen MR) is 136 cm³/mol. The molecular weight excluding hydrogens is 461 g/mol. The fraction of sp³-hybridized carbons (Fsp3) is 0.429. The summed E-state index contributed by atoms with van der Waals surface area (Å²) < 4.78 is 32.0. The number of hydrogen-bond donors (Lipinski definition) is 1. The van der Waals surface area contributed by atoms with Crippen LogP contribution >= 0.6 is 0 Å². The van der Waals surface area contributed by atoms with Crippen LogP contribution in [0.1, 0.15) is 51.2 Å². The van der Waals surface area contributed by atoms with Gasteiger partial charge in [0, 0.05) is 23.3 Å². The summed E-state index contributed by atoms with van der Waals surface area (Å²) in [5.74, 6) is 0.302. The smallest absolute Gasteiger partial charge is 0.410 e. The van der Waals surface area contributed by atoms with Crippen LogP contribution in [0, 0.1) is 5.82 Å². The van der Waals surface area contributed by atoms with Crippen LogP contribution < -0.4 is 10.5 Å². The SMILES string of the molecule is CC(C)(C)OC(=O)N1CC(N)=C(C(=NCc2cccc(OC3CCCCO3)c2)c2ccccc2F)C1. The zero-order valence-electron chi connectivity index (χ0n) is 21.1. The molecule has 2 aliphatic heterocycles. The van der Waals surface area contributed by atoms with Gasteiger partial charge >= 0.3 is 6.09 Å². The van der Waals surface area contributed by atoms with Crippen molar-refractivity contribution in [1.29, 1.82) is 0 Å². The third kappa shape index (κ3) is 6.63. The zero-order chi connectivity index (χ0) is 25.7. The number of carbonyl (C=O) groups is 1. The minimum Gasteiger partial charge on any atom is -0.465 e. The number of amides is 1. The van der Waals surface area contributed by atoms with Gasteiger partial charge in [0.2, 0.25) is 0 Å². The molecule has 4 rings (SSSR count). The molecule has 0 spiro atoms. The van der Waals surface area contributed by atoms with Gasteiger partial charge in [0.1, 0.15) is 17.2 Å². The van der Waals surface area contributed by atoms with Gasteiger partial charge in [-0.3, -0.25) is 9.89 Å². The molecule has 192 valence electrons. The van der Waals surface area contributed by atoms with Crippen molar-refractivity contribution in [2.24, 2.45) is 10.7 Å². The van der Waals surface area contributed by atoms with E-state index in [0.29, 0.717) is 34.9 Å². The highest BCUT2D eigenvalue weighted by atomic mass is 19.1. The first-order valence-corrected chi connectivity index (χ1v) is 12.3. The van der Waals surface area contributed by atoms with Crippen molar-refractivity contribution in [3.8, 4) is 5.75 Å². The normalized spacial score (nSPS) is 18.9. The lowest BCUT2D eigenvalue weighted by Gasteiger charge is -2.24. The molecule has 0 bridgehead atoms. The summed E-state index contributed by atoms with van der Waals surface area (Å²) in [5, 5.41) is 0. The molecule has 0 aromatic heterocycles. The number of benzene rings is 2. The maximum absolute atomic E-state index is 14.9. The molecule has 2 aromatic rings. The van der Waals surface area contributed by atoms with E-state index in [0.717, 1.165) is 24.8 Å². The van der Waals surface area contributed by atoms with Crippen LogP contribution in [0.4, 0.5) is 9.18 Å². The van der Waals surface area contributed by atoms with Crippen LogP contribution in [-0.4, -0.2) is 48.3 Å². The van der Waals surface area contributed by atoms with Crippen molar-refractivity contribution in [1.82, 2.24) is 4.90 Å². The van der Waals surface area contributed by atoms with E-state index in [4.69, 9.17) is 24.9 Å². The molecule has 36 heavy (non-hydrogen) atoms. The molecule has 1 unspecified atom stereocenters. The highest BCUT2D eigenvalue weighted by molar-refractivity contribution is 6.14. The molecule has 2 aliphatic rings. The average Bonchev–Trinajstić information content (AvgIpc) is 3.22. The van der Waals surface area contributed by atoms with E-state index >= 15 is 0 Å².